The summed E-state index contributed by atoms with van der Waals surface area (Å²) in [4.78, 5) is 11.4. The Morgan fingerprint density at radius 3 is 2.81 bits per heavy atom. The molecule has 0 aromatic heterocycles. The SMILES string of the molecule is CNCCCC(=O)Nc1ccc(C)cc1F. The van der Waals surface area contributed by atoms with Gasteiger partial charge in [-0.2, -0.15) is 0 Å². The van der Waals surface area contributed by atoms with E-state index in [1.807, 2.05) is 14.0 Å². The highest BCUT2D eigenvalue weighted by Gasteiger charge is 2.06. The second kappa shape index (κ2) is 6.23. The summed E-state index contributed by atoms with van der Waals surface area (Å²) >= 11 is 0. The highest BCUT2D eigenvalue weighted by atomic mass is 19.1. The van der Waals surface area contributed by atoms with Gasteiger partial charge in [-0.15, -0.1) is 0 Å². The number of halogens is 1. The summed E-state index contributed by atoms with van der Waals surface area (Å²) in [5, 5.41) is 5.51. The molecule has 0 spiro atoms. The normalized spacial score (nSPS) is 10.2. The lowest BCUT2D eigenvalue weighted by molar-refractivity contribution is -0.116. The van der Waals surface area contributed by atoms with Gasteiger partial charge in [-0.3, -0.25) is 4.79 Å². The van der Waals surface area contributed by atoms with Crippen LogP contribution in [-0.4, -0.2) is 19.5 Å². The Labute approximate surface area is 95.0 Å². The van der Waals surface area contributed by atoms with E-state index in [4.69, 9.17) is 0 Å². The van der Waals surface area contributed by atoms with Crippen LogP contribution in [0.15, 0.2) is 18.2 Å². The van der Waals surface area contributed by atoms with Crippen LogP contribution in [0.1, 0.15) is 18.4 Å². The highest BCUT2D eigenvalue weighted by molar-refractivity contribution is 5.90. The smallest absolute Gasteiger partial charge is 0.224 e. The van der Waals surface area contributed by atoms with Crippen molar-refractivity contribution in [3.63, 3.8) is 0 Å². The van der Waals surface area contributed by atoms with Crippen molar-refractivity contribution in [2.75, 3.05) is 18.9 Å². The van der Waals surface area contributed by atoms with Gasteiger partial charge in [-0.05, 0) is 44.6 Å². The van der Waals surface area contributed by atoms with Crippen molar-refractivity contribution in [3.05, 3.63) is 29.6 Å². The molecule has 0 aliphatic heterocycles. The van der Waals surface area contributed by atoms with Crippen LogP contribution < -0.4 is 10.6 Å². The molecular weight excluding hydrogens is 207 g/mol. The summed E-state index contributed by atoms with van der Waals surface area (Å²) in [5.41, 5.74) is 1.09. The number of nitrogens with one attached hydrogen (secondary N) is 2. The molecule has 16 heavy (non-hydrogen) atoms. The van der Waals surface area contributed by atoms with Crippen LogP contribution in [0.3, 0.4) is 0 Å². The van der Waals surface area contributed by atoms with Crippen LogP contribution >= 0.6 is 0 Å². The Morgan fingerprint density at radius 2 is 2.19 bits per heavy atom. The van der Waals surface area contributed by atoms with Gasteiger partial charge in [-0.1, -0.05) is 6.07 Å². The Hall–Kier alpha value is -1.42. The van der Waals surface area contributed by atoms with E-state index in [2.05, 4.69) is 10.6 Å². The van der Waals surface area contributed by atoms with Crippen molar-refractivity contribution in [1.29, 1.82) is 0 Å². The molecule has 4 heteroatoms. The van der Waals surface area contributed by atoms with Gasteiger partial charge in [0.05, 0.1) is 5.69 Å². The monoisotopic (exact) mass is 224 g/mol. The minimum absolute atomic E-state index is 0.155. The van der Waals surface area contributed by atoms with Crippen LogP contribution in [-0.2, 0) is 4.79 Å². The predicted molar refractivity (Wildman–Crippen MR) is 62.9 cm³/mol. The second-order valence-electron chi connectivity index (χ2n) is 3.74. The summed E-state index contributed by atoms with van der Waals surface area (Å²) in [6, 6.07) is 4.76. The van der Waals surface area contributed by atoms with Crippen LogP contribution in [0.4, 0.5) is 10.1 Å². The van der Waals surface area contributed by atoms with Gasteiger partial charge in [0.15, 0.2) is 0 Å². The molecule has 0 aliphatic rings. The van der Waals surface area contributed by atoms with Crippen LogP contribution in [0.5, 0.6) is 0 Å². The first-order valence-electron chi connectivity index (χ1n) is 5.34. The first kappa shape index (κ1) is 12.6. The highest BCUT2D eigenvalue weighted by Crippen LogP contribution is 2.15. The van der Waals surface area contributed by atoms with E-state index in [0.717, 1.165) is 18.5 Å². The molecule has 0 saturated heterocycles. The third kappa shape index (κ3) is 3.98. The van der Waals surface area contributed by atoms with Gasteiger partial charge in [0.25, 0.3) is 0 Å². The van der Waals surface area contributed by atoms with E-state index in [-0.39, 0.29) is 17.4 Å². The van der Waals surface area contributed by atoms with Crippen molar-refractivity contribution < 1.29 is 9.18 Å². The molecule has 0 bridgehead atoms. The fraction of sp³-hybridized carbons (Fsp3) is 0.417. The average molecular weight is 224 g/mol. The van der Waals surface area contributed by atoms with Gasteiger partial charge < -0.3 is 10.6 Å². The maximum atomic E-state index is 13.4. The largest absolute Gasteiger partial charge is 0.324 e. The molecule has 1 aromatic rings. The van der Waals surface area contributed by atoms with E-state index in [1.54, 1.807) is 12.1 Å². The number of hydrogen-bond acceptors (Lipinski definition) is 2. The number of rotatable bonds is 5. The number of carbonyl (C=O) groups excluding carboxylic acids is 1. The molecule has 1 amide bonds. The molecule has 0 saturated carbocycles. The first-order valence-corrected chi connectivity index (χ1v) is 5.34. The second-order valence-corrected chi connectivity index (χ2v) is 3.74. The third-order valence-corrected chi connectivity index (χ3v) is 2.23. The van der Waals surface area contributed by atoms with Gasteiger partial charge in [0.2, 0.25) is 5.91 Å². The molecule has 0 aliphatic carbocycles. The Balaban J connectivity index is 2.49. The van der Waals surface area contributed by atoms with Crippen molar-refractivity contribution in [2.24, 2.45) is 0 Å². The Morgan fingerprint density at radius 1 is 1.44 bits per heavy atom. The predicted octanol–water partition coefficient (Wildman–Crippen LogP) is 2.07. The maximum Gasteiger partial charge on any atom is 0.224 e. The Bertz CT molecular complexity index is 366. The van der Waals surface area contributed by atoms with Gasteiger partial charge >= 0.3 is 0 Å². The lowest BCUT2D eigenvalue weighted by atomic mass is 10.2. The standard InChI is InChI=1S/C12H17FN2O/c1-9-5-6-11(10(13)8-9)15-12(16)4-3-7-14-2/h5-6,8,14H,3-4,7H2,1-2H3,(H,15,16). The molecule has 0 atom stereocenters. The molecule has 0 heterocycles. The molecule has 1 aromatic carbocycles. The Kier molecular flexibility index (Phi) is 4.92. The van der Waals surface area contributed by atoms with Gasteiger partial charge in [-0.25, -0.2) is 4.39 Å². The van der Waals surface area contributed by atoms with E-state index in [9.17, 15) is 9.18 Å². The summed E-state index contributed by atoms with van der Waals surface area (Å²) in [7, 11) is 1.83. The van der Waals surface area contributed by atoms with Gasteiger partial charge in [0.1, 0.15) is 5.82 Å². The van der Waals surface area contributed by atoms with Crippen LogP contribution in [0.25, 0.3) is 0 Å². The van der Waals surface area contributed by atoms with E-state index in [1.165, 1.54) is 6.07 Å². The van der Waals surface area contributed by atoms with Crippen LogP contribution in [0.2, 0.25) is 0 Å². The topological polar surface area (TPSA) is 41.1 Å². The average Bonchev–Trinajstić information content (AvgIpc) is 2.23. The van der Waals surface area contributed by atoms with Crippen molar-refractivity contribution >= 4 is 11.6 Å². The third-order valence-electron chi connectivity index (χ3n) is 2.23. The molecule has 3 nitrogen and oxygen atoms in total. The van der Waals surface area contributed by atoms with Crippen molar-refractivity contribution in [1.82, 2.24) is 5.32 Å². The molecule has 0 unspecified atom stereocenters. The maximum absolute atomic E-state index is 13.4. The molecule has 1 rings (SSSR count). The lowest BCUT2D eigenvalue weighted by Crippen LogP contribution is -2.15. The quantitative estimate of drug-likeness (QED) is 0.752. The van der Waals surface area contributed by atoms with Gasteiger partial charge in [0, 0.05) is 6.42 Å². The molecule has 2 N–H and O–H groups in total. The van der Waals surface area contributed by atoms with Crippen molar-refractivity contribution in [3.8, 4) is 0 Å². The number of amides is 1. The molecule has 0 radical (unpaired) electrons. The fourth-order valence-electron chi connectivity index (χ4n) is 1.36. The number of aryl methyl sites for hydroxylation is 1. The summed E-state index contributed by atoms with van der Waals surface area (Å²) in [6.45, 7) is 2.59. The van der Waals surface area contributed by atoms with Crippen LogP contribution in [0, 0.1) is 12.7 Å². The minimum Gasteiger partial charge on any atom is -0.324 e. The zero-order valence-electron chi connectivity index (χ0n) is 9.64. The van der Waals surface area contributed by atoms with E-state index < -0.39 is 0 Å². The number of carbonyl (C=O) groups is 1. The zero-order valence-corrected chi connectivity index (χ0v) is 9.64. The summed E-state index contributed by atoms with van der Waals surface area (Å²) in [6.07, 6.45) is 1.14. The number of hydrogen-bond donors (Lipinski definition) is 2. The van der Waals surface area contributed by atoms with Crippen molar-refractivity contribution in [2.45, 2.75) is 19.8 Å². The summed E-state index contributed by atoms with van der Waals surface area (Å²) in [5.74, 6) is -0.542. The lowest BCUT2D eigenvalue weighted by Gasteiger charge is -2.06. The van der Waals surface area contributed by atoms with E-state index >= 15 is 0 Å². The van der Waals surface area contributed by atoms with E-state index in [0.29, 0.717) is 6.42 Å². The molecule has 0 fully saturated rings. The number of anilines is 1. The zero-order chi connectivity index (χ0) is 12.0. The minimum atomic E-state index is -0.387. The fourth-order valence-corrected chi connectivity index (χ4v) is 1.36. The molecule has 88 valence electrons. The summed E-state index contributed by atoms with van der Waals surface area (Å²) < 4.78 is 13.4. The number of benzene rings is 1. The first-order chi connectivity index (χ1) is 7.63. The molecular formula is C12H17FN2O.